The number of ether oxygens (including phenoxy) is 1. The SMILES string of the molecule is CCC(NC)C(C)OC(C)C(F)(F)F. The van der Waals surface area contributed by atoms with Crippen LogP contribution in [-0.4, -0.2) is 31.5 Å². The summed E-state index contributed by atoms with van der Waals surface area (Å²) in [4.78, 5) is 0. The molecule has 0 amide bonds. The lowest BCUT2D eigenvalue weighted by molar-refractivity contribution is -0.227. The molecule has 14 heavy (non-hydrogen) atoms. The lowest BCUT2D eigenvalue weighted by Gasteiger charge is -2.27. The number of hydrogen-bond donors (Lipinski definition) is 1. The summed E-state index contributed by atoms with van der Waals surface area (Å²) >= 11 is 0. The first kappa shape index (κ1) is 13.7. The molecule has 5 heteroatoms. The van der Waals surface area contributed by atoms with E-state index in [0.29, 0.717) is 0 Å². The normalized spacial score (nSPS) is 19.1. The topological polar surface area (TPSA) is 21.3 Å². The Morgan fingerprint density at radius 2 is 1.79 bits per heavy atom. The summed E-state index contributed by atoms with van der Waals surface area (Å²) in [5.41, 5.74) is 0. The van der Waals surface area contributed by atoms with Crippen LogP contribution in [0.15, 0.2) is 0 Å². The van der Waals surface area contributed by atoms with Crippen molar-refractivity contribution >= 4 is 0 Å². The first-order chi connectivity index (χ1) is 6.32. The van der Waals surface area contributed by atoms with Crippen molar-refractivity contribution in [1.82, 2.24) is 5.32 Å². The molecule has 0 rings (SSSR count). The van der Waals surface area contributed by atoms with Gasteiger partial charge in [-0.15, -0.1) is 0 Å². The maximum absolute atomic E-state index is 12.1. The molecule has 0 bridgehead atoms. The van der Waals surface area contributed by atoms with E-state index in [-0.39, 0.29) is 6.04 Å². The second kappa shape index (κ2) is 5.56. The summed E-state index contributed by atoms with van der Waals surface area (Å²) in [7, 11) is 1.71. The predicted octanol–water partition coefficient (Wildman–Crippen LogP) is 2.34. The molecule has 0 aliphatic rings. The fourth-order valence-electron chi connectivity index (χ4n) is 1.26. The van der Waals surface area contributed by atoms with E-state index in [1.807, 2.05) is 6.92 Å². The van der Waals surface area contributed by atoms with Crippen LogP contribution >= 0.6 is 0 Å². The molecule has 0 heterocycles. The van der Waals surface area contributed by atoms with E-state index in [1.54, 1.807) is 14.0 Å². The minimum Gasteiger partial charge on any atom is -0.365 e. The van der Waals surface area contributed by atoms with E-state index in [4.69, 9.17) is 4.74 Å². The molecule has 0 aliphatic heterocycles. The summed E-state index contributed by atoms with van der Waals surface area (Å²) in [5.74, 6) is 0. The summed E-state index contributed by atoms with van der Waals surface area (Å²) in [6, 6.07) is -0.0419. The summed E-state index contributed by atoms with van der Waals surface area (Å²) < 4.78 is 41.3. The maximum Gasteiger partial charge on any atom is 0.414 e. The van der Waals surface area contributed by atoms with Crippen LogP contribution in [0, 0.1) is 0 Å². The molecule has 0 aromatic carbocycles. The second-order valence-corrected chi connectivity index (χ2v) is 3.33. The molecule has 86 valence electrons. The highest BCUT2D eigenvalue weighted by Gasteiger charge is 2.38. The molecule has 0 aliphatic carbocycles. The fraction of sp³-hybridized carbons (Fsp3) is 1.00. The van der Waals surface area contributed by atoms with Gasteiger partial charge in [-0.2, -0.15) is 13.2 Å². The lowest BCUT2D eigenvalue weighted by Crippen LogP contribution is -2.41. The predicted molar refractivity (Wildman–Crippen MR) is 49.2 cm³/mol. The first-order valence-electron chi connectivity index (χ1n) is 4.72. The van der Waals surface area contributed by atoms with Gasteiger partial charge in [0.25, 0.3) is 0 Å². The minimum absolute atomic E-state index is 0.0419. The van der Waals surface area contributed by atoms with Crippen molar-refractivity contribution < 1.29 is 17.9 Å². The van der Waals surface area contributed by atoms with E-state index in [9.17, 15) is 13.2 Å². The van der Waals surface area contributed by atoms with Crippen LogP contribution in [0.5, 0.6) is 0 Å². The highest BCUT2D eigenvalue weighted by molar-refractivity contribution is 4.73. The minimum atomic E-state index is -4.28. The van der Waals surface area contributed by atoms with Crippen molar-refractivity contribution in [2.45, 2.75) is 51.6 Å². The molecular weight excluding hydrogens is 195 g/mol. The van der Waals surface area contributed by atoms with Gasteiger partial charge in [-0.25, -0.2) is 0 Å². The molecule has 1 N–H and O–H groups in total. The highest BCUT2D eigenvalue weighted by Crippen LogP contribution is 2.24. The molecule has 3 unspecified atom stereocenters. The van der Waals surface area contributed by atoms with Gasteiger partial charge in [-0.05, 0) is 27.3 Å². The van der Waals surface area contributed by atoms with Gasteiger partial charge in [0, 0.05) is 6.04 Å². The number of halogens is 3. The number of alkyl halides is 3. The van der Waals surface area contributed by atoms with Crippen molar-refractivity contribution in [2.24, 2.45) is 0 Å². The van der Waals surface area contributed by atoms with Gasteiger partial charge in [0.05, 0.1) is 6.10 Å². The van der Waals surface area contributed by atoms with Crippen molar-refractivity contribution in [1.29, 1.82) is 0 Å². The zero-order valence-electron chi connectivity index (χ0n) is 8.98. The first-order valence-corrected chi connectivity index (χ1v) is 4.72. The Morgan fingerprint density at radius 3 is 2.07 bits per heavy atom. The van der Waals surface area contributed by atoms with Crippen molar-refractivity contribution in [2.75, 3.05) is 7.05 Å². The van der Waals surface area contributed by atoms with Gasteiger partial charge >= 0.3 is 6.18 Å². The largest absolute Gasteiger partial charge is 0.414 e. The average molecular weight is 213 g/mol. The van der Waals surface area contributed by atoms with E-state index in [2.05, 4.69) is 5.32 Å². The van der Waals surface area contributed by atoms with Crippen LogP contribution in [0.4, 0.5) is 13.2 Å². The molecule has 0 aromatic rings. The van der Waals surface area contributed by atoms with Crippen LogP contribution in [-0.2, 0) is 4.74 Å². The van der Waals surface area contributed by atoms with E-state index in [0.717, 1.165) is 13.3 Å². The van der Waals surface area contributed by atoms with Crippen molar-refractivity contribution in [3.8, 4) is 0 Å². The molecule has 0 aromatic heterocycles. The lowest BCUT2D eigenvalue weighted by atomic mass is 10.1. The van der Waals surface area contributed by atoms with Crippen molar-refractivity contribution in [3.63, 3.8) is 0 Å². The second-order valence-electron chi connectivity index (χ2n) is 3.33. The van der Waals surface area contributed by atoms with E-state index in [1.165, 1.54) is 0 Å². The zero-order chi connectivity index (χ0) is 11.4. The van der Waals surface area contributed by atoms with Gasteiger partial charge in [0.15, 0.2) is 6.10 Å². The zero-order valence-corrected chi connectivity index (χ0v) is 8.98. The molecule has 3 atom stereocenters. The molecule has 0 fully saturated rings. The Bertz CT molecular complexity index is 157. The number of likely N-dealkylation sites (N-methyl/N-ethyl adjacent to an activating group) is 1. The van der Waals surface area contributed by atoms with Crippen LogP contribution in [0.1, 0.15) is 27.2 Å². The van der Waals surface area contributed by atoms with E-state index < -0.39 is 18.4 Å². The average Bonchev–Trinajstić information content (AvgIpc) is 2.04. The van der Waals surface area contributed by atoms with Crippen LogP contribution in [0.2, 0.25) is 0 Å². The summed E-state index contributed by atoms with van der Waals surface area (Å²) in [6.45, 7) is 4.57. The Hall–Kier alpha value is -0.290. The Labute approximate surface area is 82.8 Å². The summed E-state index contributed by atoms with van der Waals surface area (Å²) in [5, 5.41) is 2.92. The number of rotatable bonds is 5. The number of nitrogens with one attached hydrogen (secondary N) is 1. The Balaban J connectivity index is 4.10. The third kappa shape index (κ3) is 4.28. The van der Waals surface area contributed by atoms with Crippen molar-refractivity contribution in [3.05, 3.63) is 0 Å². The third-order valence-electron chi connectivity index (χ3n) is 2.26. The van der Waals surface area contributed by atoms with Crippen LogP contribution < -0.4 is 5.32 Å². The molecule has 0 saturated heterocycles. The van der Waals surface area contributed by atoms with Gasteiger partial charge in [-0.3, -0.25) is 0 Å². The smallest absolute Gasteiger partial charge is 0.365 e. The quantitative estimate of drug-likeness (QED) is 0.756. The van der Waals surface area contributed by atoms with Gasteiger partial charge in [0.1, 0.15) is 0 Å². The molecular formula is C9H18F3NO. The standard InChI is InChI=1S/C9H18F3NO/c1-5-8(13-4)6(2)14-7(3)9(10,11)12/h6-8,13H,5H2,1-4H3. The molecule has 0 spiro atoms. The highest BCUT2D eigenvalue weighted by atomic mass is 19.4. The fourth-order valence-corrected chi connectivity index (χ4v) is 1.26. The van der Waals surface area contributed by atoms with Gasteiger partial charge < -0.3 is 10.1 Å². The number of hydrogen-bond acceptors (Lipinski definition) is 2. The summed E-state index contributed by atoms with van der Waals surface area (Å²) in [6.07, 6.45) is -5.69. The molecule has 2 nitrogen and oxygen atoms in total. The van der Waals surface area contributed by atoms with Gasteiger partial charge in [-0.1, -0.05) is 6.92 Å². The van der Waals surface area contributed by atoms with Crippen LogP contribution in [0.25, 0.3) is 0 Å². The Morgan fingerprint density at radius 1 is 1.29 bits per heavy atom. The third-order valence-corrected chi connectivity index (χ3v) is 2.26. The van der Waals surface area contributed by atoms with E-state index >= 15 is 0 Å². The molecule has 0 saturated carbocycles. The van der Waals surface area contributed by atoms with Gasteiger partial charge in [0.2, 0.25) is 0 Å². The maximum atomic E-state index is 12.1. The van der Waals surface area contributed by atoms with Crippen LogP contribution in [0.3, 0.4) is 0 Å². The Kier molecular flexibility index (Phi) is 5.44. The molecule has 0 radical (unpaired) electrons. The monoisotopic (exact) mass is 213 g/mol.